The van der Waals surface area contributed by atoms with Crippen molar-refractivity contribution in [2.75, 3.05) is 14.2 Å². The van der Waals surface area contributed by atoms with Crippen molar-refractivity contribution < 1.29 is 23.8 Å². The summed E-state index contributed by atoms with van der Waals surface area (Å²) in [6.45, 7) is 5.36. The molecule has 1 aromatic rings. The molecule has 0 saturated heterocycles. The van der Waals surface area contributed by atoms with E-state index in [-0.39, 0.29) is 22.7 Å². The minimum atomic E-state index is -0.379. The Morgan fingerprint density at radius 2 is 1.86 bits per heavy atom. The third-order valence-corrected chi connectivity index (χ3v) is 3.73. The number of aldehydes is 1. The van der Waals surface area contributed by atoms with Gasteiger partial charge >= 0.3 is 0 Å². The molecule has 0 aliphatic carbocycles. The average molecular weight is 292 g/mol. The van der Waals surface area contributed by atoms with Crippen molar-refractivity contribution in [2.24, 2.45) is 0 Å². The van der Waals surface area contributed by atoms with Crippen molar-refractivity contribution in [1.82, 2.24) is 0 Å². The van der Waals surface area contributed by atoms with Crippen molar-refractivity contribution in [1.29, 1.82) is 0 Å². The maximum absolute atomic E-state index is 12.1. The molecule has 2 rings (SSSR count). The number of fused-ring (bicyclic) bond motifs is 1. The molecule has 5 nitrogen and oxygen atoms in total. The maximum Gasteiger partial charge on any atom is 0.167 e. The fourth-order valence-electron chi connectivity index (χ4n) is 2.72. The smallest absolute Gasteiger partial charge is 0.167 e. The summed E-state index contributed by atoms with van der Waals surface area (Å²) < 4.78 is 16.7. The molecule has 0 fully saturated rings. The molecule has 0 saturated carbocycles. The van der Waals surface area contributed by atoms with Gasteiger partial charge < -0.3 is 14.2 Å². The molecule has 21 heavy (non-hydrogen) atoms. The van der Waals surface area contributed by atoms with E-state index in [4.69, 9.17) is 14.2 Å². The Morgan fingerprint density at radius 1 is 1.24 bits per heavy atom. The predicted molar refractivity (Wildman–Crippen MR) is 78.0 cm³/mol. The highest BCUT2D eigenvalue weighted by Crippen LogP contribution is 2.47. The molecule has 0 N–H and O–H groups in total. The maximum atomic E-state index is 12.1. The zero-order chi connectivity index (χ0) is 15.8. The largest absolute Gasteiger partial charge is 0.495 e. The molecule has 0 radical (unpaired) electrons. The van der Waals surface area contributed by atoms with Crippen LogP contribution in [0.2, 0.25) is 0 Å². The monoisotopic (exact) mass is 292 g/mol. The highest BCUT2D eigenvalue weighted by atomic mass is 16.5. The number of rotatable bonds is 4. The number of hydrogen-bond acceptors (Lipinski definition) is 5. The fourth-order valence-corrected chi connectivity index (χ4v) is 2.72. The Bertz CT molecular complexity index is 601. The average Bonchev–Trinajstić information content (AvgIpc) is 2.42. The van der Waals surface area contributed by atoms with Gasteiger partial charge in [-0.05, 0) is 33.6 Å². The van der Waals surface area contributed by atoms with Gasteiger partial charge in [-0.15, -0.1) is 0 Å². The van der Waals surface area contributed by atoms with E-state index in [9.17, 15) is 9.59 Å². The summed E-state index contributed by atoms with van der Waals surface area (Å²) >= 11 is 0. The molecule has 0 spiro atoms. The topological polar surface area (TPSA) is 61.8 Å². The van der Waals surface area contributed by atoms with Gasteiger partial charge in [0.25, 0.3) is 0 Å². The molecule has 5 heteroatoms. The van der Waals surface area contributed by atoms with E-state index in [1.165, 1.54) is 21.1 Å². The summed E-state index contributed by atoms with van der Waals surface area (Å²) in [6, 6.07) is 0. The van der Waals surface area contributed by atoms with Crippen LogP contribution in [0.4, 0.5) is 0 Å². The lowest BCUT2D eigenvalue weighted by Crippen LogP contribution is -2.34. The normalized spacial score (nSPS) is 15.7. The molecule has 1 heterocycles. The van der Waals surface area contributed by atoms with E-state index in [0.717, 1.165) is 12.0 Å². The zero-order valence-electron chi connectivity index (χ0n) is 13.0. The Balaban J connectivity index is 2.86. The molecule has 0 aromatic heterocycles. The third-order valence-electron chi connectivity index (χ3n) is 3.73. The molecule has 0 bridgehead atoms. The second kappa shape index (κ2) is 5.39. The van der Waals surface area contributed by atoms with Crippen LogP contribution in [0.1, 0.15) is 53.5 Å². The SMILES string of the molecule is COc1c(C=O)c(OC)c(C(C)=O)c2c1CCC(C)(C)O2. The standard InChI is InChI=1S/C16H20O5/c1-9(18)12-14(20-5)11(8-17)13(19-4)10-6-7-16(2,3)21-15(10)12/h8H,6-7H2,1-5H3. The second-order valence-corrected chi connectivity index (χ2v) is 5.70. The lowest BCUT2D eigenvalue weighted by Gasteiger charge is -2.35. The predicted octanol–water partition coefficient (Wildman–Crippen LogP) is 2.82. The van der Waals surface area contributed by atoms with Crippen molar-refractivity contribution in [3.8, 4) is 17.2 Å². The van der Waals surface area contributed by atoms with Crippen LogP contribution < -0.4 is 14.2 Å². The first-order valence-corrected chi connectivity index (χ1v) is 6.82. The molecule has 1 aliphatic heterocycles. The number of hydrogen-bond donors (Lipinski definition) is 0. The number of carbonyl (C=O) groups is 2. The number of benzene rings is 1. The van der Waals surface area contributed by atoms with Gasteiger partial charge in [0.05, 0.1) is 19.8 Å². The van der Waals surface area contributed by atoms with Gasteiger partial charge in [-0.1, -0.05) is 0 Å². The summed E-state index contributed by atoms with van der Waals surface area (Å²) in [5.41, 5.74) is 0.941. The Labute approximate surface area is 124 Å². The Kier molecular flexibility index (Phi) is 3.94. The van der Waals surface area contributed by atoms with Gasteiger partial charge in [0.1, 0.15) is 28.4 Å². The molecular weight excluding hydrogens is 272 g/mol. The van der Waals surface area contributed by atoms with Gasteiger partial charge in [0.15, 0.2) is 12.1 Å². The lowest BCUT2D eigenvalue weighted by atomic mass is 9.89. The molecule has 114 valence electrons. The van der Waals surface area contributed by atoms with Crippen LogP contribution in [0.3, 0.4) is 0 Å². The summed E-state index contributed by atoms with van der Waals surface area (Å²) in [6.07, 6.45) is 2.11. The van der Waals surface area contributed by atoms with E-state index in [1.54, 1.807) is 0 Å². The Morgan fingerprint density at radius 3 is 2.33 bits per heavy atom. The summed E-state index contributed by atoms with van der Waals surface area (Å²) in [4.78, 5) is 23.5. The quantitative estimate of drug-likeness (QED) is 0.631. The van der Waals surface area contributed by atoms with E-state index in [0.29, 0.717) is 29.8 Å². The van der Waals surface area contributed by atoms with Crippen molar-refractivity contribution >= 4 is 12.1 Å². The lowest BCUT2D eigenvalue weighted by molar-refractivity contribution is 0.0793. The number of ketones is 1. The van der Waals surface area contributed by atoms with Crippen LogP contribution in [0.15, 0.2) is 0 Å². The van der Waals surface area contributed by atoms with Crippen LogP contribution >= 0.6 is 0 Å². The highest BCUT2D eigenvalue weighted by Gasteiger charge is 2.35. The van der Waals surface area contributed by atoms with Gasteiger partial charge in [0, 0.05) is 5.56 Å². The molecular formula is C16H20O5. The van der Waals surface area contributed by atoms with Crippen molar-refractivity contribution in [2.45, 2.75) is 39.2 Å². The zero-order valence-corrected chi connectivity index (χ0v) is 13.0. The minimum Gasteiger partial charge on any atom is -0.495 e. The summed E-state index contributed by atoms with van der Waals surface area (Å²) in [5, 5.41) is 0. The van der Waals surface area contributed by atoms with Gasteiger partial charge in [0.2, 0.25) is 0 Å². The van der Waals surface area contributed by atoms with Crippen LogP contribution in [-0.2, 0) is 6.42 Å². The van der Waals surface area contributed by atoms with Crippen LogP contribution in [0.5, 0.6) is 17.2 Å². The van der Waals surface area contributed by atoms with Crippen molar-refractivity contribution in [3.05, 3.63) is 16.7 Å². The second-order valence-electron chi connectivity index (χ2n) is 5.70. The van der Waals surface area contributed by atoms with E-state index in [1.807, 2.05) is 13.8 Å². The molecule has 0 unspecified atom stereocenters. The third kappa shape index (κ3) is 2.48. The number of methoxy groups -OCH3 is 2. The molecule has 1 aromatic carbocycles. The Hall–Kier alpha value is -2.04. The van der Waals surface area contributed by atoms with E-state index in [2.05, 4.69) is 0 Å². The molecule has 1 aliphatic rings. The molecule has 0 atom stereocenters. The van der Waals surface area contributed by atoms with E-state index < -0.39 is 0 Å². The highest BCUT2D eigenvalue weighted by molar-refractivity contribution is 6.04. The first-order chi connectivity index (χ1) is 9.86. The van der Waals surface area contributed by atoms with E-state index >= 15 is 0 Å². The van der Waals surface area contributed by atoms with Gasteiger partial charge in [-0.3, -0.25) is 9.59 Å². The first kappa shape index (κ1) is 15.4. The fraction of sp³-hybridized carbons (Fsp3) is 0.500. The number of carbonyl (C=O) groups excluding carboxylic acids is 2. The molecule has 0 amide bonds. The summed E-state index contributed by atoms with van der Waals surface area (Å²) in [5.74, 6) is 0.910. The summed E-state index contributed by atoms with van der Waals surface area (Å²) in [7, 11) is 2.92. The number of ether oxygens (including phenoxy) is 3. The number of Topliss-reactive ketones (excluding diaryl/α,β-unsaturated/α-hetero) is 1. The van der Waals surface area contributed by atoms with Crippen LogP contribution in [0.25, 0.3) is 0 Å². The van der Waals surface area contributed by atoms with Crippen LogP contribution in [0, 0.1) is 0 Å². The van der Waals surface area contributed by atoms with Crippen molar-refractivity contribution in [3.63, 3.8) is 0 Å². The minimum absolute atomic E-state index is 0.202. The first-order valence-electron chi connectivity index (χ1n) is 6.82. The van der Waals surface area contributed by atoms with Gasteiger partial charge in [-0.2, -0.15) is 0 Å². The van der Waals surface area contributed by atoms with Crippen LogP contribution in [-0.4, -0.2) is 31.9 Å². The van der Waals surface area contributed by atoms with Gasteiger partial charge in [-0.25, -0.2) is 0 Å².